The van der Waals surface area contributed by atoms with Crippen LogP contribution in [0.15, 0.2) is 29.3 Å². The lowest BCUT2D eigenvalue weighted by Crippen LogP contribution is -2.32. The molecule has 1 N–H and O–H groups in total. The summed E-state index contributed by atoms with van der Waals surface area (Å²) in [7, 11) is 0. The van der Waals surface area contributed by atoms with Gasteiger partial charge in [-0.15, -0.1) is 0 Å². The Balaban J connectivity index is 2.15. The van der Waals surface area contributed by atoms with Crippen LogP contribution in [0.5, 0.6) is 0 Å². The number of aliphatic hydroxyl groups excluding tert-OH is 1. The van der Waals surface area contributed by atoms with Crippen molar-refractivity contribution in [3.8, 4) is 0 Å². The van der Waals surface area contributed by atoms with Gasteiger partial charge in [0, 0.05) is 18.5 Å². The minimum absolute atomic E-state index is 0.485. The highest BCUT2D eigenvalue weighted by molar-refractivity contribution is 5.88. The van der Waals surface area contributed by atoms with Crippen molar-refractivity contribution >= 4 is 11.5 Å². The maximum absolute atomic E-state index is 10.1. The van der Waals surface area contributed by atoms with Crippen LogP contribution in [0.25, 0.3) is 0 Å². The molecule has 2 aliphatic rings. The molecule has 3 nitrogen and oxygen atoms in total. The first-order valence-electron chi connectivity index (χ1n) is 4.97. The van der Waals surface area contributed by atoms with Gasteiger partial charge >= 0.3 is 0 Å². The summed E-state index contributed by atoms with van der Waals surface area (Å²) in [4.78, 5) is 6.53. The van der Waals surface area contributed by atoms with Crippen molar-refractivity contribution in [2.45, 2.75) is 19.1 Å². The summed E-state index contributed by atoms with van der Waals surface area (Å²) in [5.41, 5.74) is 1.85. The molecular weight excluding hydrogens is 176 g/mol. The van der Waals surface area contributed by atoms with Crippen LogP contribution in [0.3, 0.4) is 0 Å². The van der Waals surface area contributed by atoms with Crippen LogP contribution in [0.2, 0.25) is 0 Å². The molecule has 0 spiro atoms. The molecule has 2 heterocycles. The fourth-order valence-electron chi connectivity index (χ4n) is 2.18. The number of hydrogen-bond acceptors (Lipinski definition) is 3. The van der Waals surface area contributed by atoms with Crippen molar-refractivity contribution in [1.29, 1.82) is 0 Å². The predicted octanol–water partition coefficient (Wildman–Crippen LogP) is 1.82. The van der Waals surface area contributed by atoms with Gasteiger partial charge in [0.25, 0.3) is 0 Å². The number of nitrogens with zero attached hydrogens (tertiary/aromatic N) is 2. The number of benzene rings is 1. The largest absolute Gasteiger partial charge is 0.369 e. The summed E-state index contributed by atoms with van der Waals surface area (Å²) < 4.78 is 0. The molecule has 1 aromatic rings. The third-order valence-electron chi connectivity index (χ3n) is 2.89. The smallest absolute Gasteiger partial charge is 0.156 e. The van der Waals surface area contributed by atoms with Gasteiger partial charge in [-0.2, -0.15) is 0 Å². The normalized spacial score (nSPS) is 24.2. The average molecular weight is 188 g/mol. The Bertz CT molecular complexity index is 400. The first-order valence-corrected chi connectivity index (χ1v) is 4.97. The molecule has 0 saturated carbocycles. The minimum atomic E-state index is -0.485. The third kappa shape index (κ3) is 0.990. The van der Waals surface area contributed by atoms with E-state index in [0.29, 0.717) is 0 Å². The summed E-state index contributed by atoms with van der Waals surface area (Å²) in [6, 6.07) is 7.80. The van der Waals surface area contributed by atoms with E-state index in [1.807, 2.05) is 29.2 Å². The lowest BCUT2D eigenvalue weighted by atomic mass is 10.1. The molecule has 0 bridgehead atoms. The lowest BCUT2D eigenvalue weighted by Gasteiger charge is -2.30. The van der Waals surface area contributed by atoms with Gasteiger partial charge in [0.15, 0.2) is 6.23 Å². The van der Waals surface area contributed by atoms with Crippen molar-refractivity contribution < 1.29 is 5.11 Å². The summed E-state index contributed by atoms with van der Waals surface area (Å²) in [5.74, 6) is 1.04. The van der Waals surface area contributed by atoms with Gasteiger partial charge in [0.1, 0.15) is 5.84 Å². The topological polar surface area (TPSA) is 35.8 Å². The zero-order valence-corrected chi connectivity index (χ0v) is 7.85. The van der Waals surface area contributed by atoms with E-state index in [2.05, 4.69) is 4.99 Å². The molecular formula is C11H12N2O. The van der Waals surface area contributed by atoms with Gasteiger partial charge in [0.2, 0.25) is 0 Å². The second-order valence-electron chi connectivity index (χ2n) is 3.76. The van der Waals surface area contributed by atoms with Crippen LogP contribution in [-0.4, -0.2) is 22.4 Å². The molecule has 3 rings (SSSR count). The van der Waals surface area contributed by atoms with Gasteiger partial charge in [-0.05, 0) is 12.5 Å². The molecule has 0 amide bonds. The second kappa shape index (κ2) is 2.82. The number of aliphatic imine (C=N–C) groups is 1. The monoisotopic (exact) mass is 188 g/mol. The van der Waals surface area contributed by atoms with E-state index in [-0.39, 0.29) is 0 Å². The average Bonchev–Trinajstić information content (AvgIpc) is 2.66. The van der Waals surface area contributed by atoms with E-state index >= 15 is 0 Å². The predicted molar refractivity (Wildman–Crippen MR) is 54.4 cm³/mol. The summed E-state index contributed by atoms with van der Waals surface area (Å²) in [6.45, 7) is 0.925. The van der Waals surface area contributed by atoms with Crippen LogP contribution >= 0.6 is 0 Å². The van der Waals surface area contributed by atoms with Gasteiger partial charge in [-0.1, -0.05) is 18.2 Å². The van der Waals surface area contributed by atoms with Crippen molar-refractivity contribution in [3.63, 3.8) is 0 Å². The van der Waals surface area contributed by atoms with Gasteiger partial charge in [-0.3, -0.25) is 0 Å². The van der Waals surface area contributed by atoms with Crippen molar-refractivity contribution in [2.75, 3.05) is 6.54 Å². The first-order chi connectivity index (χ1) is 6.86. The quantitative estimate of drug-likeness (QED) is 0.674. The number of aliphatic hydroxyl groups is 1. The Labute approximate surface area is 82.7 Å². The highest BCUT2D eigenvalue weighted by Crippen LogP contribution is 2.36. The zero-order valence-electron chi connectivity index (χ0n) is 7.85. The maximum atomic E-state index is 10.1. The van der Waals surface area contributed by atoms with Crippen LogP contribution in [-0.2, 0) is 0 Å². The Hall–Kier alpha value is -1.35. The number of hydrogen-bond donors (Lipinski definition) is 1. The van der Waals surface area contributed by atoms with Crippen LogP contribution < -0.4 is 0 Å². The SMILES string of the molecule is O[C@@H]1c2ccccc2N=C2CCCN21. The highest BCUT2D eigenvalue weighted by atomic mass is 16.3. The molecule has 0 radical (unpaired) electrons. The van der Waals surface area contributed by atoms with E-state index in [0.717, 1.165) is 36.5 Å². The summed E-state index contributed by atoms with van der Waals surface area (Å²) >= 11 is 0. The number of para-hydroxylation sites is 1. The molecule has 0 aromatic heterocycles. The molecule has 72 valence electrons. The summed E-state index contributed by atoms with van der Waals surface area (Å²) in [5, 5.41) is 10.1. The first kappa shape index (κ1) is 8.00. The molecule has 2 aliphatic heterocycles. The van der Waals surface area contributed by atoms with Crippen molar-refractivity contribution in [1.82, 2.24) is 4.90 Å². The van der Waals surface area contributed by atoms with Gasteiger partial charge in [0.05, 0.1) is 5.69 Å². The van der Waals surface area contributed by atoms with E-state index in [4.69, 9.17) is 0 Å². The molecule has 1 atom stereocenters. The summed E-state index contributed by atoms with van der Waals surface area (Å²) in [6.07, 6.45) is 1.61. The fourth-order valence-corrected chi connectivity index (χ4v) is 2.18. The van der Waals surface area contributed by atoms with Gasteiger partial charge < -0.3 is 10.0 Å². The van der Waals surface area contributed by atoms with E-state index in [1.165, 1.54) is 0 Å². The third-order valence-corrected chi connectivity index (χ3v) is 2.89. The van der Waals surface area contributed by atoms with Crippen LogP contribution in [0.1, 0.15) is 24.6 Å². The number of amidine groups is 1. The molecule has 1 fully saturated rings. The van der Waals surface area contributed by atoms with E-state index in [1.54, 1.807) is 0 Å². The number of rotatable bonds is 0. The van der Waals surface area contributed by atoms with E-state index < -0.39 is 6.23 Å². The molecule has 3 heteroatoms. The number of fused-ring (bicyclic) bond motifs is 2. The zero-order chi connectivity index (χ0) is 9.54. The van der Waals surface area contributed by atoms with Gasteiger partial charge in [-0.25, -0.2) is 4.99 Å². The Morgan fingerprint density at radius 1 is 1.36 bits per heavy atom. The molecule has 0 aliphatic carbocycles. The maximum Gasteiger partial charge on any atom is 0.156 e. The van der Waals surface area contributed by atoms with Crippen LogP contribution in [0.4, 0.5) is 5.69 Å². The Kier molecular flexibility index (Phi) is 1.61. The standard InChI is InChI=1S/C11H12N2O/c14-11-8-4-1-2-5-9(8)12-10-6-3-7-13(10)11/h1-2,4-5,11,14H,3,6-7H2/t11-/m1/s1. The second-order valence-corrected chi connectivity index (χ2v) is 3.76. The Morgan fingerprint density at radius 3 is 3.14 bits per heavy atom. The van der Waals surface area contributed by atoms with Crippen molar-refractivity contribution in [3.05, 3.63) is 29.8 Å². The Morgan fingerprint density at radius 2 is 2.21 bits per heavy atom. The highest BCUT2D eigenvalue weighted by Gasteiger charge is 2.30. The molecule has 14 heavy (non-hydrogen) atoms. The lowest BCUT2D eigenvalue weighted by molar-refractivity contribution is 0.0576. The fraction of sp³-hybridized carbons (Fsp3) is 0.364. The van der Waals surface area contributed by atoms with Crippen LogP contribution in [0, 0.1) is 0 Å². The molecule has 1 saturated heterocycles. The molecule has 1 aromatic carbocycles. The van der Waals surface area contributed by atoms with Crippen molar-refractivity contribution in [2.24, 2.45) is 4.99 Å². The van der Waals surface area contributed by atoms with E-state index in [9.17, 15) is 5.11 Å². The minimum Gasteiger partial charge on any atom is -0.369 e. The molecule has 0 unspecified atom stereocenters.